The van der Waals surface area contributed by atoms with Crippen LogP contribution in [0.1, 0.15) is 65.2 Å². The first-order chi connectivity index (χ1) is 17.9. The molecule has 3 aliphatic rings. The van der Waals surface area contributed by atoms with Crippen molar-refractivity contribution in [1.82, 2.24) is 0 Å². The van der Waals surface area contributed by atoms with Gasteiger partial charge < -0.3 is 24.4 Å². The van der Waals surface area contributed by atoms with Gasteiger partial charge in [-0.25, -0.2) is 4.79 Å². The van der Waals surface area contributed by atoms with E-state index >= 15 is 0 Å². The second kappa shape index (κ2) is 12.0. The standard InChI is InChI=1S/C28H36O10/c1-17-4-7-20-27(2,19(17)6-5-18-13-15-36-26(18)35)14-12-21(38-25(34)11-9-23(31)32)28(20,3)16-37-24(33)10-8-22(29)30/h5-6,13,19-21H,1,4,7-12,14-16H2,2-3H3,(H,29,30)(H,31,32)/b6-5+. The fourth-order valence-corrected chi connectivity index (χ4v) is 6.30. The van der Waals surface area contributed by atoms with E-state index in [0.717, 1.165) is 5.57 Å². The molecule has 10 heteroatoms. The van der Waals surface area contributed by atoms with E-state index < -0.39 is 35.4 Å². The molecule has 0 aromatic rings. The van der Waals surface area contributed by atoms with Gasteiger partial charge in [0.1, 0.15) is 19.3 Å². The molecule has 1 heterocycles. The highest BCUT2D eigenvalue weighted by Crippen LogP contribution is 2.62. The lowest BCUT2D eigenvalue weighted by Crippen LogP contribution is -2.58. The van der Waals surface area contributed by atoms with Crippen LogP contribution in [0.25, 0.3) is 0 Å². The van der Waals surface area contributed by atoms with Crippen LogP contribution in [0.5, 0.6) is 0 Å². The second-order valence-electron chi connectivity index (χ2n) is 10.8. The van der Waals surface area contributed by atoms with Crippen LogP contribution < -0.4 is 0 Å². The highest BCUT2D eigenvalue weighted by molar-refractivity contribution is 5.93. The van der Waals surface area contributed by atoms with E-state index in [1.54, 1.807) is 12.2 Å². The van der Waals surface area contributed by atoms with Crippen LogP contribution in [0.4, 0.5) is 0 Å². The summed E-state index contributed by atoms with van der Waals surface area (Å²) < 4.78 is 16.4. The molecular weight excluding hydrogens is 496 g/mol. The maximum absolute atomic E-state index is 12.5. The predicted molar refractivity (Wildman–Crippen MR) is 134 cm³/mol. The molecule has 3 rings (SSSR count). The molecule has 0 bridgehead atoms. The molecule has 0 aromatic heterocycles. The van der Waals surface area contributed by atoms with Crippen molar-refractivity contribution in [3.05, 3.63) is 36.0 Å². The molecule has 0 amide bonds. The van der Waals surface area contributed by atoms with Crippen LogP contribution in [0, 0.1) is 22.7 Å². The Morgan fingerprint density at radius 1 is 1.08 bits per heavy atom. The molecule has 2 N–H and O–H groups in total. The number of carbonyl (C=O) groups excluding carboxylic acids is 3. The van der Waals surface area contributed by atoms with E-state index in [9.17, 15) is 24.0 Å². The van der Waals surface area contributed by atoms with Gasteiger partial charge in [0, 0.05) is 11.3 Å². The quantitative estimate of drug-likeness (QED) is 0.229. The lowest BCUT2D eigenvalue weighted by Gasteiger charge is -2.59. The summed E-state index contributed by atoms with van der Waals surface area (Å²) in [5.74, 6) is -4.05. The number of allylic oxidation sites excluding steroid dienone is 2. The molecule has 208 valence electrons. The topological polar surface area (TPSA) is 154 Å². The lowest BCUT2D eigenvalue weighted by atomic mass is 9.46. The van der Waals surface area contributed by atoms with E-state index in [2.05, 4.69) is 13.5 Å². The number of carbonyl (C=O) groups is 5. The van der Waals surface area contributed by atoms with Gasteiger partial charge in [-0.05, 0) is 43.1 Å². The summed E-state index contributed by atoms with van der Waals surface area (Å²) in [6, 6.07) is 0. The average molecular weight is 533 g/mol. The molecule has 5 atom stereocenters. The molecule has 0 saturated heterocycles. The first kappa shape index (κ1) is 29.1. The van der Waals surface area contributed by atoms with Gasteiger partial charge in [-0.1, -0.05) is 38.2 Å². The number of ether oxygens (including phenoxy) is 3. The number of hydrogen-bond donors (Lipinski definition) is 2. The normalized spacial score (nSPS) is 30.8. The van der Waals surface area contributed by atoms with E-state index in [-0.39, 0.29) is 62.1 Å². The van der Waals surface area contributed by atoms with E-state index in [4.69, 9.17) is 24.4 Å². The Hall–Kier alpha value is -3.43. The smallest absolute Gasteiger partial charge is 0.338 e. The highest BCUT2D eigenvalue weighted by atomic mass is 16.6. The number of aliphatic carboxylic acids is 2. The lowest BCUT2D eigenvalue weighted by molar-refractivity contribution is -0.192. The van der Waals surface area contributed by atoms with Gasteiger partial charge in [0.15, 0.2) is 0 Å². The monoisotopic (exact) mass is 532 g/mol. The molecule has 2 aliphatic carbocycles. The number of fused-ring (bicyclic) bond motifs is 1. The van der Waals surface area contributed by atoms with Crippen molar-refractivity contribution >= 4 is 29.8 Å². The van der Waals surface area contributed by atoms with E-state index in [1.165, 1.54) is 0 Å². The Kier molecular flexibility index (Phi) is 9.17. The summed E-state index contributed by atoms with van der Waals surface area (Å²) in [5.41, 5.74) is 0.328. The largest absolute Gasteiger partial charge is 0.481 e. The van der Waals surface area contributed by atoms with Gasteiger partial charge in [-0.3, -0.25) is 19.2 Å². The Balaban J connectivity index is 1.88. The molecular formula is C28H36O10. The summed E-state index contributed by atoms with van der Waals surface area (Å²) in [5, 5.41) is 17.8. The maximum Gasteiger partial charge on any atom is 0.338 e. The minimum Gasteiger partial charge on any atom is -0.481 e. The van der Waals surface area contributed by atoms with Crippen molar-refractivity contribution in [3.63, 3.8) is 0 Å². The number of rotatable bonds is 11. The van der Waals surface area contributed by atoms with Crippen LogP contribution in [0.3, 0.4) is 0 Å². The molecule has 10 nitrogen and oxygen atoms in total. The molecule has 2 fully saturated rings. The SMILES string of the molecule is C=C1CCC2C(C)(COC(=O)CCC(=O)O)C(OC(=O)CCC(=O)O)CCC2(C)C1/C=C/C1=CCOC1=O. The predicted octanol–water partition coefficient (Wildman–Crippen LogP) is 3.60. The molecule has 1 aliphatic heterocycles. The summed E-state index contributed by atoms with van der Waals surface area (Å²) in [4.78, 5) is 58.6. The van der Waals surface area contributed by atoms with E-state index in [1.807, 2.05) is 13.0 Å². The van der Waals surface area contributed by atoms with Gasteiger partial charge in [-0.15, -0.1) is 0 Å². The molecule has 0 aromatic carbocycles. The minimum atomic E-state index is -1.11. The first-order valence-electron chi connectivity index (χ1n) is 12.9. The Labute approximate surface area is 221 Å². The Morgan fingerprint density at radius 3 is 2.34 bits per heavy atom. The number of carboxylic acid groups (broad SMARTS) is 2. The Morgan fingerprint density at radius 2 is 1.74 bits per heavy atom. The third kappa shape index (κ3) is 6.52. The number of hydrogen-bond acceptors (Lipinski definition) is 8. The second-order valence-corrected chi connectivity index (χ2v) is 10.8. The highest BCUT2D eigenvalue weighted by Gasteiger charge is 2.59. The minimum absolute atomic E-state index is 0.0804. The van der Waals surface area contributed by atoms with Gasteiger partial charge in [0.2, 0.25) is 0 Å². The average Bonchev–Trinajstić information content (AvgIpc) is 3.26. The summed E-state index contributed by atoms with van der Waals surface area (Å²) in [6.45, 7) is 8.49. The third-order valence-electron chi connectivity index (χ3n) is 8.30. The number of esters is 3. The zero-order valence-electron chi connectivity index (χ0n) is 21.9. The van der Waals surface area contributed by atoms with Crippen LogP contribution in [0.2, 0.25) is 0 Å². The summed E-state index contributed by atoms with van der Waals surface area (Å²) in [6.07, 6.45) is 6.10. The van der Waals surface area contributed by atoms with E-state index in [0.29, 0.717) is 31.3 Å². The van der Waals surface area contributed by atoms with Crippen molar-refractivity contribution in [2.75, 3.05) is 13.2 Å². The van der Waals surface area contributed by atoms with Crippen molar-refractivity contribution in [3.8, 4) is 0 Å². The first-order valence-corrected chi connectivity index (χ1v) is 12.9. The fraction of sp³-hybridized carbons (Fsp3) is 0.607. The Bertz CT molecular complexity index is 1060. The van der Waals surface area contributed by atoms with Gasteiger partial charge >= 0.3 is 29.8 Å². The molecule has 2 saturated carbocycles. The molecule has 5 unspecified atom stereocenters. The maximum atomic E-state index is 12.5. The zero-order valence-corrected chi connectivity index (χ0v) is 21.9. The summed E-state index contributed by atoms with van der Waals surface area (Å²) >= 11 is 0. The summed E-state index contributed by atoms with van der Waals surface area (Å²) in [7, 11) is 0. The van der Waals surface area contributed by atoms with Gasteiger partial charge in [-0.2, -0.15) is 0 Å². The number of carboxylic acids is 2. The molecule has 38 heavy (non-hydrogen) atoms. The molecule has 0 spiro atoms. The number of cyclic esters (lactones) is 1. The van der Waals surface area contributed by atoms with Crippen molar-refractivity contribution < 1.29 is 48.4 Å². The van der Waals surface area contributed by atoms with Crippen LogP contribution in [-0.4, -0.2) is 59.4 Å². The van der Waals surface area contributed by atoms with Crippen molar-refractivity contribution in [2.45, 2.75) is 71.3 Å². The molecule has 0 radical (unpaired) electrons. The van der Waals surface area contributed by atoms with Crippen LogP contribution in [-0.2, 0) is 38.2 Å². The fourth-order valence-electron chi connectivity index (χ4n) is 6.30. The van der Waals surface area contributed by atoms with Crippen LogP contribution in [0.15, 0.2) is 36.0 Å². The zero-order chi connectivity index (χ0) is 28.1. The third-order valence-corrected chi connectivity index (χ3v) is 8.30. The van der Waals surface area contributed by atoms with Crippen molar-refractivity contribution in [2.24, 2.45) is 22.7 Å². The van der Waals surface area contributed by atoms with Crippen molar-refractivity contribution in [1.29, 1.82) is 0 Å². The van der Waals surface area contributed by atoms with Gasteiger partial charge in [0.25, 0.3) is 0 Å². The van der Waals surface area contributed by atoms with Crippen LogP contribution >= 0.6 is 0 Å². The van der Waals surface area contributed by atoms with Gasteiger partial charge in [0.05, 0.1) is 31.3 Å².